The summed E-state index contributed by atoms with van der Waals surface area (Å²) in [4.78, 5) is 0. The van der Waals surface area contributed by atoms with Crippen LogP contribution in [0.15, 0.2) is 17.0 Å². The summed E-state index contributed by atoms with van der Waals surface area (Å²) in [6.07, 6.45) is 13.7. The Morgan fingerprint density at radius 2 is 1.73 bits per heavy atom. The number of aromatic amines is 1. The first-order chi connectivity index (χ1) is 10.8. The van der Waals surface area contributed by atoms with Crippen LogP contribution in [0.1, 0.15) is 57.8 Å². The zero-order chi connectivity index (χ0) is 15.9. The average molecular weight is 361 g/mol. The topological polar surface area (TPSA) is 37.9 Å². The largest absolute Gasteiger partial charge is 0.377 e. The molecule has 0 saturated heterocycles. The van der Waals surface area contributed by atoms with Crippen molar-refractivity contribution in [3.05, 3.63) is 16.6 Å². The maximum atomic E-state index is 5.37. The first kappa shape index (κ1) is 19.9. The van der Waals surface area contributed by atoms with Gasteiger partial charge >= 0.3 is 0 Å². The molecular weight excluding hydrogens is 332 g/mol. The van der Waals surface area contributed by atoms with Gasteiger partial charge in [0.2, 0.25) is 0 Å². The van der Waals surface area contributed by atoms with Gasteiger partial charge in [-0.15, -0.1) is 6.58 Å². The van der Waals surface area contributed by atoms with Crippen LogP contribution in [0.3, 0.4) is 0 Å². The summed E-state index contributed by atoms with van der Waals surface area (Å²) in [6, 6.07) is 0. The number of hydrogen-bond acceptors (Lipinski definition) is 5. The number of ether oxygens (including phenoxy) is 1. The molecule has 126 valence electrons. The number of hydrogen-bond donors (Lipinski definition) is 1. The van der Waals surface area contributed by atoms with E-state index in [1.807, 2.05) is 17.8 Å². The number of nitrogens with one attached hydrogen (secondary N) is 1. The summed E-state index contributed by atoms with van der Waals surface area (Å²) in [5.41, 5.74) is 0. The molecule has 0 radical (unpaired) electrons. The van der Waals surface area contributed by atoms with Gasteiger partial charge in [-0.2, -0.15) is 5.10 Å². The minimum absolute atomic E-state index is 0.688. The van der Waals surface area contributed by atoms with Crippen molar-refractivity contribution in [1.29, 1.82) is 0 Å². The molecule has 0 atom stereocenters. The molecule has 0 fully saturated rings. The Bertz CT molecular complexity index is 431. The summed E-state index contributed by atoms with van der Waals surface area (Å²) < 4.78 is 7.21. The van der Waals surface area contributed by atoms with Gasteiger partial charge in [0, 0.05) is 12.4 Å². The summed E-state index contributed by atoms with van der Waals surface area (Å²) >= 11 is 8.40. The molecule has 0 saturated carbocycles. The van der Waals surface area contributed by atoms with E-state index >= 15 is 0 Å². The van der Waals surface area contributed by atoms with Crippen LogP contribution in [-0.4, -0.2) is 29.2 Å². The standard InChI is InChI=1S/C16H28N2OS3/c1-2-12-19-13-10-8-6-4-3-5-7-9-11-14-21-16-18-17-15(20)22-16/h2H,1,3-14H2,(H,17,20). The molecular formula is C16H28N2OS3. The highest BCUT2D eigenvalue weighted by Crippen LogP contribution is 2.22. The zero-order valence-electron chi connectivity index (χ0n) is 13.3. The van der Waals surface area contributed by atoms with Crippen LogP contribution in [0, 0.1) is 3.95 Å². The Balaban J connectivity index is 1.74. The lowest BCUT2D eigenvalue weighted by Gasteiger charge is -2.03. The first-order valence-corrected chi connectivity index (χ1v) is 10.4. The van der Waals surface area contributed by atoms with Gasteiger partial charge in [-0.1, -0.05) is 74.1 Å². The third kappa shape index (κ3) is 11.4. The molecule has 0 aromatic carbocycles. The SMILES string of the molecule is C=CCOCCCCCCCCCCCSc1n[nH]c(=S)s1. The van der Waals surface area contributed by atoms with Gasteiger partial charge in [0.15, 0.2) is 8.29 Å². The fraction of sp³-hybridized carbons (Fsp3) is 0.750. The van der Waals surface area contributed by atoms with Crippen molar-refractivity contribution in [3.8, 4) is 0 Å². The fourth-order valence-electron chi connectivity index (χ4n) is 2.15. The van der Waals surface area contributed by atoms with E-state index in [0.717, 1.165) is 20.7 Å². The lowest BCUT2D eigenvalue weighted by atomic mass is 10.1. The molecule has 3 nitrogen and oxygen atoms in total. The molecule has 0 amide bonds. The van der Waals surface area contributed by atoms with Crippen LogP contribution in [-0.2, 0) is 4.74 Å². The van der Waals surface area contributed by atoms with E-state index in [9.17, 15) is 0 Å². The molecule has 22 heavy (non-hydrogen) atoms. The Kier molecular flexibility index (Phi) is 13.0. The van der Waals surface area contributed by atoms with Crippen molar-refractivity contribution in [3.63, 3.8) is 0 Å². The highest BCUT2D eigenvalue weighted by molar-refractivity contribution is 8.01. The van der Waals surface area contributed by atoms with Crippen LogP contribution in [0.4, 0.5) is 0 Å². The van der Waals surface area contributed by atoms with Crippen molar-refractivity contribution in [1.82, 2.24) is 10.2 Å². The number of rotatable bonds is 15. The maximum Gasteiger partial charge on any atom is 0.177 e. The second kappa shape index (κ2) is 14.4. The molecule has 0 unspecified atom stereocenters. The number of H-pyrrole nitrogens is 1. The highest BCUT2D eigenvalue weighted by Gasteiger charge is 1.98. The number of thioether (sulfide) groups is 1. The second-order valence-corrected chi connectivity index (χ2v) is 8.28. The second-order valence-electron chi connectivity index (χ2n) is 5.27. The molecule has 0 spiro atoms. The first-order valence-electron chi connectivity index (χ1n) is 8.20. The van der Waals surface area contributed by atoms with Crippen molar-refractivity contribution < 1.29 is 4.74 Å². The molecule has 1 rings (SSSR count). The summed E-state index contributed by atoms with van der Waals surface area (Å²) in [6.45, 7) is 5.21. The fourth-order valence-corrected chi connectivity index (χ4v) is 4.30. The lowest BCUT2D eigenvalue weighted by molar-refractivity contribution is 0.157. The molecule has 6 heteroatoms. The van der Waals surface area contributed by atoms with Crippen LogP contribution in [0.5, 0.6) is 0 Å². The van der Waals surface area contributed by atoms with Gasteiger partial charge in [0.25, 0.3) is 0 Å². The molecule has 0 aliphatic heterocycles. The Morgan fingerprint density at radius 1 is 1.09 bits per heavy atom. The van der Waals surface area contributed by atoms with Crippen LogP contribution >= 0.6 is 35.3 Å². The highest BCUT2D eigenvalue weighted by atomic mass is 32.2. The lowest BCUT2D eigenvalue weighted by Crippen LogP contribution is -1.93. The van der Waals surface area contributed by atoms with E-state index in [4.69, 9.17) is 17.0 Å². The molecule has 0 bridgehead atoms. The minimum Gasteiger partial charge on any atom is -0.377 e. The van der Waals surface area contributed by atoms with Crippen molar-refractivity contribution in [2.45, 2.75) is 62.1 Å². The molecule has 1 heterocycles. The van der Waals surface area contributed by atoms with Crippen LogP contribution < -0.4 is 0 Å². The van der Waals surface area contributed by atoms with Gasteiger partial charge in [-0.05, 0) is 25.1 Å². The van der Waals surface area contributed by atoms with Gasteiger partial charge < -0.3 is 4.74 Å². The predicted octanol–water partition coefficient (Wildman–Crippen LogP) is 6.01. The summed E-state index contributed by atoms with van der Waals surface area (Å²) in [5.74, 6) is 1.15. The molecule has 1 aromatic heterocycles. The molecule has 1 aromatic rings. The summed E-state index contributed by atoms with van der Waals surface area (Å²) in [5, 5.41) is 6.97. The number of nitrogens with zero attached hydrogens (tertiary/aromatic N) is 1. The molecule has 0 aliphatic carbocycles. The predicted molar refractivity (Wildman–Crippen MR) is 101 cm³/mol. The third-order valence-electron chi connectivity index (χ3n) is 3.31. The Labute approximate surface area is 147 Å². The van der Waals surface area contributed by atoms with Gasteiger partial charge in [0.1, 0.15) is 0 Å². The van der Waals surface area contributed by atoms with E-state index in [-0.39, 0.29) is 0 Å². The van der Waals surface area contributed by atoms with Gasteiger partial charge in [-0.3, -0.25) is 5.10 Å². The molecule has 0 aliphatic rings. The van der Waals surface area contributed by atoms with E-state index in [2.05, 4.69) is 16.8 Å². The van der Waals surface area contributed by atoms with E-state index in [1.54, 1.807) is 11.3 Å². The normalized spacial score (nSPS) is 10.9. The van der Waals surface area contributed by atoms with E-state index < -0.39 is 0 Å². The maximum absolute atomic E-state index is 5.37. The average Bonchev–Trinajstić information content (AvgIpc) is 2.93. The number of unbranched alkanes of at least 4 members (excludes halogenated alkanes) is 8. The quantitative estimate of drug-likeness (QED) is 0.180. The van der Waals surface area contributed by atoms with Crippen LogP contribution in [0.2, 0.25) is 0 Å². The molecule has 1 N–H and O–H groups in total. The van der Waals surface area contributed by atoms with Gasteiger partial charge in [-0.25, -0.2) is 0 Å². The monoisotopic (exact) mass is 360 g/mol. The van der Waals surface area contributed by atoms with Crippen LogP contribution in [0.25, 0.3) is 0 Å². The minimum atomic E-state index is 0.688. The van der Waals surface area contributed by atoms with Crippen molar-refractivity contribution in [2.24, 2.45) is 0 Å². The number of aromatic nitrogens is 2. The van der Waals surface area contributed by atoms with Crippen molar-refractivity contribution >= 4 is 35.3 Å². The van der Waals surface area contributed by atoms with E-state index in [0.29, 0.717) is 6.61 Å². The Hall–Kier alpha value is -0.170. The van der Waals surface area contributed by atoms with E-state index in [1.165, 1.54) is 57.8 Å². The van der Waals surface area contributed by atoms with Crippen molar-refractivity contribution in [2.75, 3.05) is 19.0 Å². The van der Waals surface area contributed by atoms with Gasteiger partial charge in [0.05, 0.1) is 6.61 Å². The zero-order valence-corrected chi connectivity index (χ0v) is 15.8. The third-order valence-corrected chi connectivity index (χ3v) is 5.63. The summed E-state index contributed by atoms with van der Waals surface area (Å²) in [7, 11) is 0. The smallest absolute Gasteiger partial charge is 0.177 e. The Morgan fingerprint density at radius 3 is 2.32 bits per heavy atom.